The van der Waals surface area contributed by atoms with Gasteiger partial charge in [-0.2, -0.15) is 5.26 Å². The predicted octanol–water partition coefficient (Wildman–Crippen LogP) is 2.55. The number of benzene rings is 2. The van der Waals surface area contributed by atoms with Crippen LogP contribution in [0, 0.1) is 17.1 Å². The Morgan fingerprint density at radius 2 is 1.75 bits per heavy atom. The van der Waals surface area contributed by atoms with Crippen LogP contribution in [0.3, 0.4) is 0 Å². The van der Waals surface area contributed by atoms with Crippen molar-refractivity contribution >= 4 is 5.69 Å². The lowest BCUT2D eigenvalue weighted by atomic mass is 10.1. The van der Waals surface area contributed by atoms with Gasteiger partial charge in [0.2, 0.25) is 0 Å². The number of aliphatic hydroxyl groups is 1. The number of nitriles is 1. The minimum Gasteiger partial charge on any atom is -0.387 e. The van der Waals surface area contributed by atoms with Crippen LogP contribution in [-0.2, 0) is 0 Å². The van der Waals surface area contributed by atoms with Crippen LogP contribution in [0.15, 0.2) is 48.5 Å². The Kier molecular flexibility index (Phi) is 5.09. The van der Waals surface area contributed by atoms with E-state index in [-0.39, 0.29) is 5.56 Å². The number of hydrogen-bond donors (Lipinski definition) is 1. The molecule has 4 nitrogen and oxygen atoms in total. The maximum absolute atomic E-state index is 13.7. The molecule has 1 N–H and O–H groups in total. The second-order valence-corrected chi connectivity index (χ2v) is 5.96. The van der Waals surface area contributed by atoms with Gasteiger partial charge in [-0.05, 0) is 17.7 Å². The molecule has 0 aromatic heterocycles. The van der Waals surface area contributed by atoms with Crippen molar-refractivity contribution in [3.8, 4) is 6.07 Å². The summed E-state index contributed by atoms with van der Waals surface area (Å²) in [6.45, 7) is 3.53. The fraction of sp³-hybridized carbons (Fsp3) is 0.316. The summed E-state index contributed by atoms with van der Waals surface area (Å²) >= 11 is 0. The van der Waals surface area contributed by atoms with Gasteiger partial charge in [0.15, 0.2) is 0 Å². The summed E-state index contributed by atoms with van der Waals surface area (Å²) in [5.41, 5.74) is 1.67. The first-order valence-electron chi connectivity index (χ1n) is 8.08. The zero-order chi connectivity index (χ0) is 16.9. The number of anilines is 1. The van der Waals surface area contributed by atoms with E-state index >= 15 is 0 Å². The lowest BCUT2D eigenvalue weighted by molar-refractivity contribution is 0.109. The first-order chi connectivity index (χ1) is 11.7. The zero-order valence-corrected chi connectivity index (χ0v) is 13.4. The van der Waals surface area contributed by atoms with Crippen LogP contribution in [0.1, 0.15) is 17.2 Å². The van der Waals surface area contributed by atoms with Crippen LogP contribution >= 0.6 is 0 Å². The van der Waals surface area contributed by atoms with Crippen molar-refractivity contribution in [2.75, 3.05) is 37.6 Å². The first kappa shape index (κ1) is 16.4. The van der Waals surface area contributed by atoms with E-state index in [1.165, 1.54) is 6.07 Å². The highest BCUT2D eigenvalue weighted by molar-refractivity contribution is 5.60. The van der Waals surface area contributed by atoms with Gasteiger partial charge >= 0.3 is 0 Å². The summed E-state index contributed by atoms with van der Waals surface area (Å²) in [5.74, 6) is -0.475. The van der Waals surface area contributed by atoms with Crippen LogP contribution < -0.4 is 4.90 Å². The first-order valence-corrected chi connectivity index (χ1v) is 8.08. The van der Waals surface area contributed by atoms with Crippen LogP contribution in [0.2, 0.25) is 0 Å². The normalized spacial score (nSPS) is 16.6. The van der Waals surface area contributed by atoms with Crippen LogP contribution in [0.5, 0.6) is 0 Å². The number of halogens is 1. The monoisotopic (exact) mass is 325 g/mol. The van der Waals surface area contributed by atoms with E-state index in [0.29, 0.717) is 25.3 Å². The van der Waals surface area contributed by atoms with Crippen LogP contribution in [0.25, 0.3) is 0 Å². The molecule has 0 bridgehead atoms. The molecule has 1 unspecified atom stereocenters. The Morgan fingerprint density at radius 3 is 2.42 bits per heavy atom. The molecule has 0 radical (unpaired) electrons. The van der Waals surface area contributed by atoms with Crippen molar-refractivity contribution in [1.82, 2.24) is 4.90 Å². The highest BCUT2D eigenvalue weighted by atomic mass is 19.1. The summed E-state index contributed by atoms with van der Waals surface area (Å²) in [4.78, 5) is 4.23. The second-order valence-electron chi connectivity index (χ2n) is 5.96. The van der Waals surface area contributed by atoms with Crippen molar-refractivity contribution in [2.45, 2.75) is 6.10 Å². The molecule has 1 saturated heterocycles. The molecule has 0 spiro atoms. The van der Waals surface area contributed by atoms with Gasteiger partial charge in [-0.3, -0.25) is 4.90 Å². The van der Waals surface area contributed by atoms with E-state index in [4.69, 9.17) is 5.26 Å². The number of hydrogen-bond acceptors (Lipinski definition) is 4. The molecule has 2 aromatic rings. The molecular formula is C19H20FN3O. The van der Waals surface area contributed by atoms with E-state index in [9.17, 15) is 9.50 Å². The highest BCUT2D eigenvalue weighted by Crippen LogP contribution is 2.24. The molecule has 1 atom stereocenters. The van der Waals surface area contributed by atoms with Gasteiger partial charge < -0.3 is 10.0 Å². The molecule has 5 heteroatoms. The molecule has 1 heterocycles. The second kappa shape index (κ2) is 7.43. The third-order valence-corrected chi connectivity index (χ3v) is 4.43. The fourth-order valence-corrected chi connectivity index (χ4v) is 3.08. The van der Waals surface area contributed by atoms with Crippen molar-refractivity contribution in [2.24, 2.45) is 0 Å². The standard InChI is InChI=1S/C19H20FN3O/c20-17-7-4-8-18(16(17)13-21)23-11-9-22(10-12-23)14-19(24)15-5-2-1-3-6-15/h1-8,19,24H,9-12,14H2. The molecule has 2 aromatic carbocycles. The average Bonchev–Trinajstić information content (AvgIpc) is 2.63. The summed E-state index contributed by atoms with van der Waals surface area (Å²) < 4.78 is 13.7. The van der Waals surface area contributed by atoms with Gasteiger partial charge in [-0.1, -0.05) is 36.4 Å². The maximum atomic E-state index is 13.7. The number of β-amino-alcohol motifs (C(OH)–C–C–N with tert-alkyl or cyclic N) is 1. The third kappa shape index (κ3) is 3.56. The highest BCUT2D eigenvalue weighted by Gasteiger charge is 2.22. The summed E-state index contributed by atoms with van der Waals surface area (Å²) in [5, 5.41) is 19.5. The van der Waals surface area contributed by atoms with Gasteiger partial charge in [0.05, 0.1) is 11.8 Å². The van der Waals surface area contributed by atoms with E-state index in [1.807, 2.05) is 41.3 Å². The number of piperazine rings is 1. The lowest BCUT2D eigenvalue weighted by Gasteiger charge is -2.37. The molecule has 1 fully saturated rings. The summed E-state index contributed by atoms with van der Waals surface area (Å²) in [7, 11) is 0. The quantitative estimate of drug-likeness (QED) is 0.939. The Labute approximate surface area is 141 Å². The molecule has 3 rings (SSSR count). The largest absolute Gasteiger partial charge is 0.387 e. The lowest BCUT2D eigenvalue weighted by Crippen LogP contribution is -2.47. The SMILES string of the molecule is N#Cc1c(F)cccc1N1CCN(CC(O)c2ccccc2)CC1. The fourth-order valence-electron chi connectivity index (χ4n) is 3.08. The minimum atomic E-state index is -0.512. The maximum Gasteiger partial charge on any atom is 0.143 e. The van der Waals surface area contributed by atoms with Crippen molar-refractivity contribution in [3.63, 3.8) is 0 Å². The van der Waals surface area contributed by atoms with Crippen molar-refractivity contribution < 1.29 is 9.50 Å². The van der Waals surface area contributed by atoms with Gasteiger partial charge in [-0.25, -0.2) is 4.39 Å². The summed E-state index contributed by atoms with van der Waals surface area (Å²) in [6, 6.07) is 16.3. The molecule has 0 aliphatic carbocycles. The number of rotatable bonds is 4. The third-order valence-electron chi connectivity index (χ3n) is 4.43. The Hall–Kier alpha value is -2.42. The van der Waals surface area contributed by atoms with Gasteiger partial charge in [0.25, 0.3) is 0 Å². The molecule has 24 heavy (non-hydrogen) atoms. The number of aliphatic hydroxyl groups excluding tert-OH is 1. The molecule has 124 valence electrons. The van der Waals surface area contributed by atoms with E-state index in [2.05, 4.69) is 4.90 Å². The van der Waals surface area contributed by atoms with Crippen molar-refractivity contribution in [1.29, 1.82) is 5.26 Å². The zero-order valence-electron chi connectivity index (χ0n) is 13.4. The Bertz CT molecular complexity index is 721. The number of nitrogens with zero attached hydrogens (tertiary/aromatic N) is 3. The average molecular weight is 325 g/mol. The molecule has 1 aliphatic rings. The predicted molar refractivity (Wildman–Crippen MR) is 91.2 cm³/mol. The van der Waals surface area contributed by atoms with Gasteiger partial charge in [0.1, 0.15) is 17.4 Å². The van der Waals surface area contributed by atoms with Crippen molar-refractivity contribution in [3.05, 3.63) is 65.5 Å². The topological polar surface area (TPSA) is 50.5 Å². The smallest absolute Gasteiger partial charge is 0.143 e. The summed E-state index contributed by atoms with van der Waals surface area (Å²) in [6.07, 6.45) is -0.512. The molecule has 0 amide bonds. The minimum absolute atomic E-state index is 0.107. The molecule has 0 saturated carbocycles. The molecular weight excluding hydrogens is 305 g/mol. The van der Waals surface area contributed by atoms with E-state index in [1.54, 1.807) is 12.1 Å². The van der Waals surface area contributed by atoms with Gasteiger partial charge in [0, 0.05) is 32.7 Å². The van der Waals surface area contributed by atoms with Gasteiger partial charge in [-0.15, -0.1) is 0 Å². The Morgan fingerprint density at radius 1 is 1.04 bits per heavy atom. The van der Waals surface area contributed by atoms with Crippen LogP contribution in [0.4, 0.5) is 10.1 Å². The molecule has 1 aliphatic heterocycles. The van der Waals surface area contributed by atoms with Crippen LogP contribution in [-0.4, -0.2) is 42.7 Å². The van der Waals surface area contributed by atoms with E-state index < -0.39 is 11.9 Å². The van der Waals surface area contributed by atoms with E-state index in [0.717, 1.165) is 18.7 Å². The Balaban J connectivity index is 1.61.